The summed E-state index contributed by atoms with van der Waals surface area (Å²) in [6.45, 7) is 3.30. The zero-order valence-electron chi connectivity index (χ0n) is 12.2. The molecule has 0 radical (unpaired) electrons. The lowest BCUT2D eigenvalue weighted by Crippen LogP contribution is -2.19. The van der Waals surface area contributed by atoms with Gasteiger partial charge in [0.25, 0.3) is 0 Å². The van der Waals surface area contributed by atoms with Crippen molar-refractivity contribution in [3.63, 3.8) is 0 Å². The van der Waals surface area contributed by atoms with Crippen molar-refractivity contribution in [1.82, 2.24) is 0 Å². The van der Waals surface area contributed by atoms with Crippen molar-refractivity contribution in [2.24, 2.45) is 5.73 Å². The summed E-state index contributed by atoms with van der Waals surface area (Å²) in [5.74, 6) is 0. The number of hydrogen-bond donors (Lipinski definition) is 1. The lowest BCUT2D eigenvalue weighted by Gasteiger charge is -2.22. The molecule has 2 nitrogen and oxygen atoms in total. The predicted octanol–water partition coefficient (Wildman–Crippen LogP) is 4.10. The van der Waals surface area contributed by atoms with E-state index in [0.29, 0.717) is 4.99 Å². The minimum atomic E-state index is 0.460. The standard InChI is InChI=1S/C17H22N2S/c1-3-4-7-12-19(2)16-11-10-15(17(18)20)13-8-5-6-9-14(13)16/h5-6,8-11H,3-4,7,12H2,1-2H3,(H2,18,20). The van der Waals surface area contributed by atoms with E-state index in [2.05, 4.69) is 43.1 Å². The largest absolute Gasteiger partial charge is 0.389 e. The lowest BCUT2D eigenvalue weighted by molar-refractivity contribution is 0.706. The Morgan fingerprint density at radius 2 is 1.80 bits per heavy atom. The first-order valence-corrected chi connectivity index (χ1v) is 7.58. The summed E-state index contributed by atoms with van der Waals surface area (Å²) >= 11 is 5.15. The monoisotopic (exact) mass is 286 g/mol. The second kappa shape index (κ2) is 6.71. The van der Waals surface area contributed by atoms with E-state index < -0.39 is 0 Å². The lowest BCUT2D eigenvalue weighted by atomic mass is 10.0. The van der Waals surface area contributed by atoms with Crippen molar-refractivity contribution in [1.29, 1.82) is 0 Å². The zero-order valence-corrected chi connectivity index (χ0v) is 13.0. The summed E-state index contributed by atoms with van der Waals surface area (Å²) in [7, 11) is 2.15. The van der Waals surface area contributed by atoms with E-state index in [1.807, 2.05) is 12.1 Å². The van der Waals surface area contributed by atoms with Crippen molar-refractivity contribution in [2.75, 3.05) is 18.5 Å². The van der Waals surface area contributed by atoms with Gasteiger partial charge in [0.15, 0.2) is 0 Å². The van der Waals surface area contributed by atoms with Crippen LogP contribution in [0.2, 0.25) is 0 Å². The summed E-state index contributed by atoms with van der Waals surface area (Å²) in [4.78, 5) is 2.78. The van der Waals surface area contributed by atoms with Gasteiger partial charge in [0.2, 0.25) is 0 Å². The maximum atomic E-state index is 5.82. The molecule has 0 aliphatic heterocycles. The van der Waals surface area contributed by atoms with Crippen LogP contribution < -0.4 is 10.6 Å². The molecule has 0 amide bonds. The fourth-order valence-corrected chi connectivity index (χ4v) is 2.73. The minimum Gasteiger partial charge on any atom is -0.389 e. The number of fused-ring (bicyclic) bond motifs is 1. The molecule has 0 aromatic heterocycles. The third-order valence-corrected chi connectivity index (χ3v) is 3.89. The minimum absolute atomic E-state index is 0.460. The molecule has 3 heteroatoms. The predicted molar refractivity (Wildman–Crippen MR) is 92.6 cm³/mol. The summed E-state index contributed by atoms with van der Waals surface area (Å²) < 4.78 is 0. The van der Waals surface area contributed by atoms with Gasteiger partial charge < -0.3 is 10.6 Å². The fraction of sp³-hybridized carbons (Fsp3) is 0.353. The average Bonchev–Trinajstić information content (AvgIpc) is 2.46. The summed E-state index contributed by atoms with van der Waals surface area (Å²) in [5, 5.41) is 2.36. The molecule has 2 N–H and O–H groups in total. The highest BCUT2D eigenvalue weighted by Crippen LogP contribution is 2.29. The molecule has 0 fully saturated rings. The zero-order chi connectivity index (χ0) is 14.5. The first-order chi connectivity index (χ1) is 9.65. The van der Waals surface area contributed by atoms with Crippen molar-refractivity contribution in [3.05, 3.63) is 42.0 Å². The van der Waals surface area contributed by atoms with Gasteiger partial charge in [-0.3, -0.25) is 0 Å². The number of unbranched alkanes of at least 4 members (excludes halogenated alkanes) is 2. The smallest absolute Gasteiger partial charge is 0.104 e. The van der Waals surface area contributed by atoms with Gasteiger partial charge in [0.1, 0.15) is 4.99 Å². The van der Waals surface area contributed by atoms with Gasteiger partial charge in [-0.25, -0.2) is 0 Å². The molecule has 0 atom stereocenters. The van der Waals surface area contributed by atoms with Gasteiger partial charge in [-0.05, 0) is 23.9 Å². The highest BCUT2D eigenvalue weighted by atomic mass is 32.1. The van der Waals surface area contributed by atoms with E-state index in [-0.39, 0.29) is 0 Å². The number of rotatable bonds is 6. The third kappa shape index (κ3) is 3.10. The average molecular weight is 286 g/mol. The van der Waals surface area contributed by atoms with Crippen LogP contribution in [0.3, 0.4) is 0 Å². The molecular formula is C17H22N2S. The van der Waals surface area contributed by atoms with Gasteiger partial charge in [0, 0.05) is 30.2 Å². The quantitative estimate of drug-likeness (QED) is 0.640. The molecule has 0 heterocycles. The Hall–Kier alpha value is -1.61. The van der Waals surface area contributed by atoms with Crippen LogP contribution in [0.5, 0.6) is 0 Å². The van der Waals surface area contributed by atoms with Crippen LogP contribution in [0.4, 0.5) is 5.69 Å². The van der Waals surface area contributed by atoms with Gasteiger partial charge in [-0.1, -0.05) is 56.2 Å². The second-order valence-corrected chi connectivity index (χ2v) is 5.61. The molecule has 2 aromatic carbocycles. The Labute approximate surface area is 126 Å². The topological polar surface area (TPSA) is 29.3 Å². The number of nitrogens with zero attached hydrogens (tertiary/aromatic N) is 1. The molecule has 0 aliphatic rings. The van der Waals surface area contributed by atoms with Crippen molar-refractivity contribution < 1.29 is 0 Å². The van der Waals surface area contributed by atoms with Crippen LogP contribution in [0.25, 0.3) is 10.8 Å². The Morgan fingerprint density at radius 3 is 2.45 bits per heavy atom. The van der Waals surface area contributed by atoms with E-state index in [9.17, 15) is 0 Å². The van der Waals surface area contributed by atoms with E-state index in [4.69, 9.17) is 18.0 Å². The maximum absolute atomic E-state index is 5.82. The number of benzene rings is 2. The first-order valence-electron chi connectivity index (χ1n) is 7.17. The summed E-state index contributed by atoms with van der Waals surface area (Å²) in [6, 6.07) is 12.5. The van der Waals surface area contributed by atoms with E-state index in [1.54, 1.807) is 0 Å². The van der Waals surface area contributed by atoms with E-state index in [1.165, 1.54) is 30.3 Å². The van der Waals surface area contributed by atoms with Gasteiger partial charge in [-0.15, -0.1) is 0 Å². The van der Waals surface area contributed by atoms with Crippen LogP contribution in [0.1, 0.15) is 31.7 Å². The van der Waals surface area contributed by atoms with Crippen LogP contribution in [0, 0.1) is 0 Å². The number of anilines is 1. The molecule has 106 valence electrons. The normalized spacial score (nSPS) is 10.7. The molecule has 0 bridgehead atoms. The molecule has 0 spiro atoms. The summed E-state index contributed by atoms with van der Waals surface area (Å²) in [5.41, 5.74) is 8.03. The Morgan fingerprint density at radius 1 is 1.10 bits per heavy atom. The van der Waals surface area contributed by atoms with Crippen LogP contribution in [0.15, 0.2) is 36.4 Å². The van der Waals surface area contributed by atoms with Gasteiger partial charge >= 0.3 is 0 Å². The SMILES string of the molecule is CCCCCN(C)c1ccc(C(N)=S)c2ccccc12. The molecule has 0 saturated heterocycles. The van der Waals surface area contributed by atoms with Crippen molar-refractivity contribution in [3.8, 4) is 0 Å². The Balaban J connectivity index is 2.40. The molecule has 0 aliphatic carbocycles. The highest BCUT2D eigenvalue weighted by Gasteiger charge is 2.10. The van der Waals surface area contributed by atoms with Crippen molar-refractivity contribution >= 4 is 33.7 Å². The molecule has 0 saturated carbocycles. The summed E-state index contributed by atoms with van der Waals surface area (Å²) in [6.07, 6.45) is 3.74. The number of nitrogens with two attached hydrogens (primary N) is 1. The fourth-order valence-electron chi connectivity index (χ4n) is 2.55. The third-order valence-electron chi connectivity index (χ3n) is 3.67. The van der Waals surface area contributed by atoms with E-state index in [0.717, 1.165) is 17.5 Å². The van der Waals surface area contributed by atoms with Crippen molar-refractivity contribution in [2.45, 2.75) is 26.2 Å². The number of hydrogen-bond acceptors (Lipinski definition) is 2. The van der Waals surface area contributed by atoms with Crippen LogP contribution in [-0.2, 0) is 0 Å². The van der Waals surface area contributed by atoms with Crippen LogP contribution in [-0.4, -0.2) is 18.6 Å². The second-order valence-electron chi connectivity index (χ2n) is 5.17. The molecule has 2 aromatic rings. The van der Waals surface area contributed by atoms with Gasteiger partial charge in [0.05, 0.1) is 0 Å². The maximum Gasteiger partial charge on any atom is 0.104 e. The Bertz CT molecular complexity index is 607. The van der Waals surface area contributed by atoms with Crippen LogP contribution >= 0.6 is 12.2 Å². The first kappa shape index (κ1) is 14.8. The highest BCUT2D eigenvalue weighted by molar-refractivity contribution is 7.80. The molecule has 0 unspecified atom stereocenters. The van der Waals surface area contributed by atoms with Gasteiger partial charge in [-0.2, -0.15) is 0 Å². The molecule has 20 heavy (non-hydrogen) atoms. The molecular weight excluding hydrogens is 264 g/mol. The van der Waals surface area contributed by atoms with E-state index >= 15 is 0 Å². The number of thiocarbonyl (C=S) groups is 1. The molecule has 2 rings (SSSR count). The Kier molecular flexibility index (Phi) is 4.96.